The lowest BCUT2D eigenvalue weighted by molar-refractivity contribution is -0.143. The summed E-state index contributed by atoms with van der Waals surface area (Å²) in [4.78, 5) is 28.0. The molecule has 0 bridgehead atoms. The summed E-state index contributed by atoms with van der Waals surface area (Å²) in [5, 5.41) is 4.04. The van der Waals surface area contributed by atoms with Crippen molar-refractivity contribution in [1.82, 2.24) is 10.2 Å². The highest BCUT2D eigenvalue weighted by Crippen LogP contribution is 2.27. The van der Waals surface area contributed by atoms with E-state index >= 15 is 0 Å². The Morgan fingerprint density at radius 2 is 1.75 bits per heavy atom. The van der Waals surface area contributed by atoms with Gasteiger partial charge in [0.2, 0.25) is 5.91 Å². The summed E-state index contributed by atoms with van der Waals surface area (Å²) in [6, 6.07) is 12.3. The minimum atomic E-state index is -0.643. The van der Waals surface area contributed by atoms with E-state index in [0.29, 0.717) is 27.8 Å². The van der Waals surface area contributed by atoms with Crippen molar-refractivity contribution < 1.29 is 14.3 Å². The molecule has 0 aromatic heterocycles. The van der Waals surface area contributed by atoms with E-state index in [4.69, 9.17) is 27.9 Å². The number of carbonyl (C=O) groups is 2. The Bertz CT molecular complexity index is 924. The zero-order valence-corrected chi connectivity index (χ0v) is 20.1. The smallest absolute Gasteiger partial charge is 0.261 e. The lowest BCUT2D eigenvalue weighted by Crippen LogP contribution is -2.52. The zero-order chi connectivity index (χ0) is 23.1. The van der Waals surface area contributed by atoms with Crippen LogP contribution < -0.4 is 10.1 Å². The van der Waals surface area contributed by atoms with E-state index in [1.54, 1.807) is 18.2 Å². The molecule has 1 N–H and O–H groups in total. The minimum absolute atomic E-state index is 0.130. The van der Waals surface area contributed by atoms with Crippen molar-refractivity contribution in [2.45, 2.75) is 64.6 Å². The van der Waals surface area contributed by atoms with Crippen molar-refractivity contribution >= 4 is 35.0 Å². The molecule has 0 heterocycles. The van der Waals surface area contributed by atoms with Crippen molar-refractivity contribution in [1.29, 1.82) is 0 Å². The van der Waals surface area contributed by atoms with E-state index < -0.39 is 6.04 Å². The number of nitrogens with zero attached hydrogens (tertiary/aromatic N) is 1. The molecule has 1 atom stereocenters. The van der Waals surface area contributed by atoms with Crippen molar-refractivity contribution in [3.05, 3.63) is 63.6 Å². The number of halogens is 2. The highest BCUT2D eigenvalue weighted by Gasteiger charge is 2.31. The monoisotopic (exact) mass is 476 g/mol. The van der Waals surface area contributed by atoms with E-state index in [9.17, 15) is 9.59 Å². The van der Waals surface area contributed by atoms with Crippen LogP contribution in [0.3, 0.4) is 0 Å². The molecule has 2 aromatic carbocycles. The van der Waals surface area contributed by atoms with Gasteiger partial charge in [0.15, 0.2) is 6.61 Å². The number of rotatable bonds is 9. The number of amides is 2. The Kier molecular flexibility index (Phi) is 8.83. The Labute approximate surface area is 200 Å². The van der Waals surface area contributed by atoms with Crippen LogP contribution in [0.25, 0.3) is 0 Å². The predicted molar refractivity (Wildman–Crippen MR) is 128 cm³/mol. The van der Waals surface area contributed by atoms with Crippen LogP contribution in [-0.4, -0.2) is 35.4 Å². The van der Waals surface area contributed by atoms with Crippen LogP contribution in [0.15, 0.2) is 42.5 Å². The van der Waals surface area contributed by atoms with Crippen LogP contribution in [-0.2, 0) is 16.1 Å². The zero-order valence-electron chi connectivity index (χ0n) is 18.6. The molecule has 1 aliphatic carbocycles. The molecular weight excluding hydrogens is 447 g/mol. The van der Waals surface area contributed by atoms with Gasteiger partial charge in [-0.15, -0.1) is 0 Å². The number of benzene rings is 2. The van der Waals surface area contributed by atoms with E-state index in [-0.39, 0.29) is 31.0 Å². The van der Waals surface area contributed by atoms with Crippen LogP contribution in [0.5, 0.6) is 5.75 Å². The fourth-order valence-electron chi connectivity index (χ4n) is 4.08. The molecule has 0 unspecified atom stereocenters. The van der Waals surface area contributed by atoms with Gasteiger partial charge < -0.3 is 15.0 Å². The molecule has 2 amide bonds. The van der Waals surface area contributed by atoms with E-state index in [0.717, 1.165) is 31.2 Å². The standard InChI is InChI=1S/C25H30Cl2N2O3/c1-3-22(25(31)28-18-10-5-6-11-18)29(15-19-20(26)12-8-13-21(19)27)24(30)16-32-23-14-7-4-9-17(23)2/h4,7-9,12-14,18,22H,3,5-6,10-11,15-16H2,1-2H3,(H,28,31)/t22-/m1/s1. The summed E-state index contributed by atoms with van der Waals surface area (Å²) in [6.45, 7) is 3.77. The molecule has 3 rings (SSSR count). The number of hydrogen-bond donors (Lipinski definition) is 1. The molecular formula is C25H30Cl2N2O3. The molecule has 1 aliphatic rings. The first kappa shape index (κ1) is 24.4. The van der Waals surface area contributed by atoms with Crippen LogP contribution in [0, 0.1) is 6.92 Å². The Morgan fingerprint density at radius 3 is 2.38 bits per heavy atom. The molecule has 5 nitrogen and oxygen atoms in total. The van der Waals surface area contributed by atoms with E-state index in [1.165, 1.54) is 4.90 Å². The maximum atomic E-state index is 13.3. The first-order chi connectivity index (χ1) is 15.4. The summed E-state index contributed by atoms with van der Waals surface area (Å²) in [5.41, 5.74) is 1.55. The number of ether oxygens (including phenoxy) is 1. The third-order valence-corrected chi connectivity index (χ3v) is 6.63. The predicted octanol–water partition coefficient (Wildman–Crippen LogP) is 5.55. The second-order valence-electron chi connectivity index (χ2n) is 8.19. The van der Waals surface area contributed by atoms with E-state index in [2.05, 4.69) is 5.32 Å². The summed E-state index contributed by atoms with van der Waals surface area (Å²) < 4.78 is 5.80. The van der Waals surface area contributed by atoms with Gasteiger partial charge >= 0.3 is 0 Å². The maximum Gasteiger partial charge on any atom is 0.261 e. The topological polar surface area (TPSA) is 58.6 Å². The number of hydrogen-bond acceptors (Lipinski definition) is 3. The maximum absolute atomic E-state index is 13.3. The fraction of sp³-hybridized carbons (Fsp3) is 0.440. The van der Waals surface area contributed by atoms with Crippen molar-refractivity contribution in [3.63, 3.8) is 0 Å². The average molecular weight is 477 g/mol. The van der Waals surface area contributed by atoms with Crippen LogP contribution in [0.4, 0.5) is 0 Å². The Morgan fingerprint density at radius 1 is 1.09 bits per heavy atom. The summed E-state index contributed by atoms with van der Waals surface area (Å²) >= 11 is 12.8. The summed E-state index contributed by atoms with van der Waals surface area (Å²) in [5.74, 6) is 0.199. The highest BCUT2D eigenvalue weighted by atomic mass is 35.5. The largest absolute Gasteiger partial charge is 0.484 e. The van der Waals surface area contributed by atoms with Crippen molar-refractivity contribution in [3.8, 4) is 5.75 Å². The van der Waals surface area contributed by atoms with Gasteiger partial charge in [-0.05, 0) is 49.9 Å². The molecule has 0 aliphatic heterocycles. The molecule has 0 spiro atoms. The van der Waals surface area contributed by atoms with Crippen LogP contribution in [0.2, 0.25) is 10.0 Å². The third-order valence-electron chi connectivity index (χ3n) is 5.92. The third kappa shape index (κ3) is 6.17. The second kappa shape index (κ2) is 11.6. The number of carbonyl (C=O) groups excluding carboxylic acids is 2. The lowest BCUT2D eigenvalue weighted by Gasteiger charge is -2.32. The van der Waals surface area contributed by atoms with Gasteiger partial charge in [0.1, 0.15) is 11.8 Å². The first-order valence-corrected chi connectivity index (χ1v) is 11.9. The van der Waals surface area contributed by atoms with Crippen molar-refractivity contribution in [2.24, 2.45) is 0 Å². The summed E-state index contributed by atoms with van der Waals surface area (Å²) in [6.07, 6.45) is 4.65. The average Bonchev–Trinajstić information content (AvgIpc) is 3.27. The molecule has 0 saturated heterocycles. The van der Waals surface area contributed by atoms with Crippen LogP contribution in [0.1, 0.15) is 50.2 Å². The minimum Gasteiger partial charge on any atom is -0.484 e. The number of para-hydroxylation sites is 1. The SMILES string of the molecule is CC[C@H](C(=O)NC1CCCC1)N(Cc1c(Cl)cccc1Cl)C(=O)COc1ccccc1C. The fourth-order valence-corrected chi connectivity index (χ4v) is 4.60. The first-order valence-electron chi connectivity index (χ1n) is 11.1. The number of aryl methyl sites for hydroxylation is 1. The van der Waals surface area contributed by atoms with Gasteiger partial charge in [-0.2, -0.15) is 0 Å². The van der Waals surface area contributed by atoms with Crippen molar-refractivity contribution in [2.75, 3.05) is 6.61 Å². The Hall–Kier alpha value is -2.24. The lowest BCUT2D eigenvalue weighted by atomic mass is 10.1. The van der Waals surface area contributed by atoms with Gasteiger partial charge in [-0.1, -0.05) is 67.2 Å². The number of nitrogens with one attached hydrogen (secondary N) is 1. The normalized spacial score (nSPS) is 14.8. The molecule has 0 radical (unpaired) electrons. The van der Waals surface area contributed by atoms with Gasteiger partial charge in [-0.3, -0.25) is 9.59 Å². The Balaban J connectivity index is 1.82. The highest BCUT2D eigenvalue weighted by molar-refractivity contribution is 6.36. The van der Waals surface area contributed by atoms with E-state index in [1.807, 2.05) is 38.1 Å². The van der Waals surface area contributed by atoms with Gasteiger partial charge in [0.25, 0.3) is 5.91 Å². The quantitative estimate of drug-likeness (QED) is 0.516. The molecule has 1 saturated carbocycles. The van der Waals surface area contributed by atoms with Gasteiger partial charge in [-0.25, -0.2) is 0 Å². The van der Waals surface area contributed by atoms with Crippen LogP contribution >= 0.6 is 23.2 Å². The van der Waals surface area contributed by atoms with Gasteiger partial charge in [0.05, 0.1) is 0 Å². The second-order valence-corrected chi connectivity index (χ2v) is 9.00. The molecule has 1 fully saturated rings. The molecule has 32 heavy (non-hydrogen) atoms. The molecule has 172 valence electrons. The van der Waals surface area contributed by atoms with Gasteiger partial charge in [0, 0.05) is 28.2 Å². The molecule has 7 heteroatoms. The summed E-state index contributed by atoms with van der Waals surface area (Å²) in [7, 11) is 0. The molecule has 2 aromatic rings.